The van der Waals surface area contributed by atoms with Gasteiger partial charge in [0.1, 0.15) is 29.6 Å². The van der Waals surface area contributed by atoms with Crippen LogP contribution in [0.2, 0.25) is 0 Å². The summed E-state index contributed by atoms with van der Waals surface area (Å²) in [7, 11) is 3.46. The normalized spacial score (nSPS) is 11.1. The smallest absolute Gasteiger partial charge is 0.131 e. The van der Waals surface area contributed by atoms with Gasteiger partial charge in [-0.15, -0.1) is 5.10 Å². The average molecular weight is 408 g/mol. The summed E-state index contributed by atoms with van der Waals surface area (Å²) < 4.78 is 26.6. The number of aromatic nitrogens is 6. The summed E-state index contributed by atoms with van der Waals surface area (Å²) in [4.78, 5) is 9.05. The number of pyridine rings is 1. The molecule has 1 N–H and O–H groups in total. The first-order valence-corrected chi connectivity index (χ1v) is 9.36. The number of hydrogen-bond donors (Lipinski definition) is 1. The summed E-state index contributed by atoms with van der Waals surface area (Å²) in [6.45, 7) is 2.61. The van der Waals surface area contributed by atoms with E-state index >= 15 is 0 Å². The van der Waals surface area contributed by atoms with Crippen LogP contribution in [0.1, 0.15) is 5.69 Å². The van der Waals surface area contributed by atoms with Crippen LogP contribution in [-0.2, 0) is 11.8 Å². The van der Waals surface area contributed by atoms with Crippen LogP contribution < -0.4 is 4.74 Å². The molecule has 0 radical (unpaired) electrons. The molecule has 1 aromatic carbocycles. The van der Waals surface area contributed by atoms with E-state index in [1.54, 1.807) is 25.7 Å². The largest absolute Gasteiger partial charge is 0.490 e. The lowest BCUT2D eigenvalue weighted by molar-refractivity contribution is 0.146. The van der Waals surface area contributed by atoms with E-state index in [0.29, 0.717) is 35.9 Å². The van der Waals surface area contributed by atoms with Crippen LogP contribution in [0.15, 0.2) is 42.9 Å². The Morgan fingerprint density at radius 2 is 1.97 bits per heavy atom. The minimum Gasteiger partial charge on any atom is -0.490 e. The van der Waals surface area contributed by atoms with Gasteiger partial charge in [0.15, 0.2) is 0 Å². The van der Waals surface area contributed by atoms with Crippen molar-refractivity contribution < 1.29 is 13.9 Å². The molecule has 4 aromatic rings. The number of benzene rings is 1. The van der Waals surface area contributed by atoms with Gasteiger partial charge < -0.3 is 14.0 Å². The zero-order valence-electron chi connectivity index (χ0n) is 16.9. The Labute approximate surface area is 172 Å². The Balaban J connectivity index is 1.80. The van der Waals surface area contributed by atoms with Crippen molar-refractivity contribution in [1.82, 2.24) is 29.9 Å². The van der Waals surface area contributed by atoms with Crippen molar-refractivity contribution in [3.8, 4) is 39.7 Å². The van der Waals surface area contributed by atoms with Crippen molar-refractivity contribution in [3.05, 3.63) is 54.4 Å². The first-order chi connectivity index (χ1) is 14.6. The number of ether oxygens (including phenoxy) is 2. The molecule has 0 aliphatic rings. The second-order valence-electron chi connectivity index (χ2n) is 6.75. The molecule has 0 spiro atoms. The van der Waals surface area contributed by atoms with Crippen LogP contribution in [0.4, 0.5) is 4.39 Å². The molecule has 0 saturated carbocycles. The van der Waals surface area contributed by atoms with Crippen molar-refractivity contribution in [2.45, 2.75) is 6.92 Å². The molecule has 0 aliphatic carbocycles. The summed E-state index contributed by atoms with van der Waals surface area (Å²) in [5.74, 6) is 0.0388. The molecule has 8 nitrogen and oxygen atoms in total. The molecule has 0 bridgehead atoms. The third kappa shape index (κ3) is 3.79. The van der Waals surface area contributed by atoms with E-state index in [0.717, 1.165) is 22.6 Å². The number of imidazole rings is 1. The molecule has 0 atom stereocenters. The third-order valence-corrected chi connectivity index (χ3v) is 4.68. The Hall–Kier alpha value is -3.59. The summed E-state index contributed by atoms with van der Waals surface area (Å²) in [5, 5.41) is 10.8. The van der Waals surface area contributed by atoms with Crippen molar-refractivity contribution in [3.63, 3.8) is 0 Å². The van der Waals surface area contributed by atoms with Gasteiger partial charge >= 0.3 is 0 Å². The topological polar surface area (TPSA) is 90.7 Å². The number of aromatic amines is 1. The predicted molar refractivity (Wildman–Crippen MR) is 109 cm³/mol. The van der Waals surface area contributed by atoms with Crippen molar-refractivity contribution in [1.29, 1.82) is 0 Å². The zero-order chi connectivity index (χ0) is 21.1. The fourth-order valence-corrected chi connectivity index (χ4v) is 3.24. The fraction of sp³-hybridized carbons (Fsp3) is 0.238. The van der Waals surface area contributed by atoms with E-state index in [2.05, 4.69) is 25.4 Å². The van der Waals surface area contributed by atoms with Crippen molar-refractivity contribution in [2.75, 3.05) is 20.3 Å². The van der Waals surface area contributed by atoms with E-state index in [-0.39, 0.29) is 5.82 Å². The molecule has 4 rings (SSSR count). The minimum atomic E-state index is -0.378. The monoisotopic (exact) mass is 408 g/mol. The highest BCUT2D eigenvalue weighted by Gasteiger charge is 2.20. The Kier molecular flexibility index (Phi) is 5.53. The molecule has 0 saturated heterocycles. The predicted octanol–water partition coefficient (Wildman–Crippen LogP) is 3.41. The minimum absolute atomic E-state index is 0.305. The second-order valence-corrected chi connectivity index (χ2v) is 6.75. The molecule has 3 aromatic heterocycles. The maximum absolute atomic E-state index is 13.9. The molecular formula is C21H21FN6O2. The molecule has 0 amide bonds. The Morgan fingerprint density at radius 3 is 2.73 bits per heavy atom. The molecule has 0 aliphatic heterocycles. The Bertz CT molecular complexity index is 1170. The first-order valence-electron chi connectivity index (χ1n) is 9.36. The number of H-pyrrole nitrogens is 1. The molecule has 154 valence electrons. The van der Waals surface area contributed by atoms with E-state index < -0.39 is 0 Å². The van der Waals surface area contributed by atoms with Crippen LogP contribution in [-0.4, -0.2) is 50.3 Å². The van der Waals surface area contributed by atoms with Gasteiger partial charge in [-0.3, -0.25) is 10.1 Å². The average Bonchev–Trinajstić information content (AvgIpc) is 3.34. The second kappa shape index (κ2) is 8.42. The standard InChI is InChI=1S/C21H21FN6O2/c1-13-19(26-27-25-13)14-6-7-23-17(10-14)20-21(28(2)12-24-20)16-5-4-15(22)11-18(16)30-9-8-29-3/h4-7,10-12H,8-9H2,1-3H3,(H,25,26,27). The van der Waals surface area contributed by atoms with Gasteiger partial charge in [-0.2, -0.15) is 0 Å². The number of nitrogens with one attached hydrogen (secondary N) is 1. The first kappa shape index (κ1) is 19.7. The quantitative estimate of drug-likeness (QED) is 0.471. The van der Waals surface area contributed by atoms with Crippen LogP contribution in [0.25, 0.3) is 33.9 Å². The number of methoxy groups -OCH3 is 1. The number of hydrogen-bond acceptors (Lipinski definition) is 6. The zero-order valence-corrected chi connectivity index (χ0v) is 16.9. The molecule has 9 heteroatoms. The number of halogens is 1. The number of aryl methyl sites for hydroxylation is 2. The summed E-state index contributed by atoms with van der Waals surface area (Å²) in [6.07, 6.45) is 3.40. The SMILES string of the molecule is COCCOc1cc(F)ccc1-c1c(-c2cc(-c3nn[nH]c3C)ccn2)ncn1C. The fourth-order valence-electron chi connectivity index (χ4n) is 3.24. The molecule has 30 heavy (non-hydrogen) atoms. The lowest BCUT2D eigenvalue weighted by Crippen LogP contribution is -2.06. The van der Waals surface area contributed by atoms with Gasteiger partial charge in [-0.25, -0.2) is 9.37 Å². The van der Waals surface area contributed by atoms with E-state index in [1.165, 1.54) is 12.1 Å². The lowest BCUT2D eigenvalue weighted by atomic mass is 10.0. The summed E-state index contributed by atoms with van der Waals surface area (Å²) >= 11 is 0. The maximum Gasteiger partial charge on any atom is 0.131 e. The molecule has 0 unspecified atom stereocenters. The van der Waals surface area contributed by atoms with Crippen LogP contribution in [0.3, 0.4) is 0 Å². The third-order valence-electron chi connectivity index (χ3n) is 4.68. The van der Waals surface area contributed by atoms with Crippen LogP contribution in [0.5, 0.6) is 5.75 Å². The highest BCUT2D eigenvalue weighted by Crippen LogP contribution is 2.37. The highest BCUT2D eigenvalue weighted by molar-refractivity contribution is 5.81. The molecule has 3 heterocycles. The molecule has 0 fully saturated rings. The Morgan fingerprint density at radius 1 is 1.10 bits per heavy atom. The van der Waals surface area contributed by atoms with Gasteiger partial charge in [-0.05, 0) is 31.2 Å². The van der Waals surface area contributed by atoms with E-state index in [1.807, 2.05) is 30.7 Å². The summed E-state index contributed by atoms with van der Waals surface area (Å²) in [6, 6.07) is 8.23. The van der Waals surface area contributed by atoms with E-state index in [4.69, 9.17) is 9.47 Å². The van der Waals surface area contributed by atoms with E-state index in [9.17, 15) is 4.39 Å². The van der Waals surface area contributed by atoms with Gasteiger partial charge in [-0.1, -0.05) is 5.21 Å². The number of nitrogens with zero attached hydrogens (tertiary/aromatic N) is 5. The van der Waals surface area contributed by atoms with Gasteiger partial charge in [0.05, 0.1) is 30.0 Å². The highest BCUT2D eigenvalue weighted by atomic mass is 19.1. The number of rotatable bonds is 7. The van der Waals surface area contributed by atoms with Gasteiger partial charge in [0.2, 0.25) is 0 Å². The van der Waals surface area contributed by atoms with Crippen molar-refractivity contribution in [2.24, 2.45) is 7.05 Å². The summed E-state index contributed by atoms with van der Waals surface area (Å²) in [5.41, 5.74) is 5.29. The van der Waals surface area contributed by atoms with Crippen molar-refractivity contribution >= 4 is 0 Å². The van der Waals surface area contributed by atoms with Crippen LogP contribution >= 0.6 is 0 Å². The van der Waals surface area contributed by atoms with Gasteiger partial charge in [0.25, 0.3) is 0 Å². The van der Waals surface area contributed by atoms with Crippen LogP contribution in [0, 0.1) is 12.7 Å². The molecular weight excluding hydrogens is 387 g/mol. The maximum atomic E-state index is 13.9. The lowest BCUT2D eigenvalue weighted by Gasteiger charge is -2.13. The van der Waals surface area contributed by atoms with Gasteiger partial charge in [0, 0.05) is 37.5 Å².